The summed E-state index contributed by atoms with van der Waals surface area (Å²) in [6.07, 6.45) is -3.53. The molecule has 114 valence electrons. The first-order valence-corrected chi connectivity index (χ1v) is 6.08. The van der Waals surface area contributed by atoms with Gasteiger partial charge in [-0.25, -0.2) is 4.79 Å². The summed E-state index contributed by atoms with van der Waals surface area (Å²) in [6.45, 7) is 0. The third kappa shape index (κ3) is 3.85. The average Bonchev–Trinajstić information content (AvgIpc) is 2.47. The zero-order chi connectivity index (χ0) is 16.2. The number of carbonyl (C=O) groups is 1. The molecule has 22 heavy (non-hydrogen) atoms. The zero-order valence-electron chi connectivity index (χ0n) is 11.0. The number of hydrogen-bond donors (Lipinski definition) is 1. The lowest BCUT2D eigenvalue weighted by Gasteiger charge is -2.08. The lowest BCUT2D eigenvalue weighted by Crippen LogP contribution is -2.08. The lowest BCUT2D eigenvalue weighted by atomic mass is 10.1. The van der Waals surface area contributed by atoms with Crippen molar-refractivity contribution in [3.8, 4) is 5.75 Å². The zero-order valence-corrected chi connectivity index (χ0v) is 11.0. The van der Waals surface area contributed by atoms with E-state index in [1.54, 1.807) is 0 Å². The van der Waals surface area contributed by atoms with Crippen LogP contribution in [-0.4, -0.2) is 17.3 Å². The van der Waals surface area contributed by atoms with Gasteiger partial charge in [0, 0.05) is 5.56 Å². The van der Waals surface area contributed by atoms with Crippen molar-refractivity contribution in [3.63, 3.8) is 0 Å². The number of hydrogen-bond acceptors (Lipinski definition) is 3. The topological polar surface area (TPSA) is 58.9 Å². The average molecular weight is 309 g/mol. The molecule has 0 saturated carbocycles. The van der Waals surface area contributed by atoms with Crippen molar-refractivity contribution in [2.24, 2.45) is 5.16 Å². The van der Waals surface area contributed by atoms with Crippen molar-refractivity contribution in [1.29, 1.82) is 0 Å². The first kappa shape index (κ1) is 15.6. The summed E-state index contributed by atoms with van der Waals surface area (Å²) in [4.78, 5) is 15.6. The highest BCUT2D eigenvalue weighted by atomic mass is 19.4. The molecular formula is C15H10F3NO3. The molecular weight excluding hydrogens is 299 g/mol. The number of oxime groups is 1. The molecule has 2 rings (SSSR count). The number of alkyl halides is 3. The highest BCUT2D eigenvalue weighted by Gasteiger charge is 2.32. The molecule has 2 aromatic carbocycles. The van der Waals surface area contributed by atoms with E-state index in [0.717, 1.165) is 12.3 Å². The van der Waals surface area contributed by atoms with E-state index in [2.05, 4.69) is 5.16 Å². The quantitative estimate of drug-likeness (QED) is 0.690. The maximum atomic E-state index is 12.8. The van der Waals surface area contributed by atoms with Gasteiger partial charge < -0.3 is 9.94 Å². The molecule has 0 amide bonds. The smallest absolute Gasteiger partial charge is 0.417 e. The van der Waals surface area contributed by atoms with Crippen LogP contribution in [0.3, 0.4) is 0 Å². The Bertz CT molecular complexity index is 694. The molecule has 0 unspecified atom stereocenters. The third-order valence-corrected chi connectivity index (χ3v) is 2.72. The van der Waals surface area contributed by atoms with E-state index in [4.69, 9.17) is 9.94 Å². The maximum absolute atomic E-state index is 12.8. The van der Waals surface area contributed by atoms with Gasteiger partial charge in [-0.1, -0.05) is 23.4 Å². The van der Waals surface area contributed by atoms with Gasteiger partial charge in [0.25, 0.3) is 0 Å². The van der Waals surface area contributed by atoms with E-state index >= 15 is 0 Å². The molecule has 0 aliphatic rings. The van der Waals surface area contributed by atoms with E-state index in [0.29, 0.717) is 0 Å². The highest BCUT2D eigenvalue weighted by Crippen LogP contribution is 2.31. The molecule has 0 heterocycles. The van der Waals surface area contributed by atoms with Crippen LogP contribution < -0.4 is 4.84 Å². The Hall–Kier alpha value is -2.83. The predicted molar refractivity (Wildman–Crippen MR) is 73.1 cm³/mol. The van der Waals surface area contributed by atoms with Crippen molar-refractivity contribution >= 4 is 12.2 Å². The molecule has 0 aliphatic carbocycles. The molecule has 0 atom stereocenters. The fourth-order valence-electron chi connectivity index (χ4n) is 1.67. The maximum Gasteiger partial charge on any atom is 0.417 e. The van der Waals surface area contributed by atoms with Crippen molar-refractivity contribution in [1.82, 2.24) is 0 Å². The Morgan fingerprint density at radius 1 is 1.09 bits per heavy atom. The number of halogens is 3. The Balaban J connectivity index is 2.12. The van der Waals surface area contributed by atoms with Crippen LogP contribution in [0.4, 0.5) is 13.2 Å². The van der Waals surface area contributed by atoms with Crippen molar-refractivity contribution in [2.75, 3.05) is 0 Å². The first-order valence-electron chi connectivity index (χ1n) is 6.08. The predicted octanol–water partition coefficient (Wildman–Crippen LogP) is 3.82. The highest BCUT2D eigenvalue weighted by molar-refractivity contribution is 5.87. The summed E-state index contributed by atoms with van der Waals surface area (Å²) in [5.41, 5.74) is -0.875. The number of rotatable bonds is 4. The summed E-state index contributed by atoms with van der Waals surface area (Å²) in [5.74, 6) is -0.875. The molecule has 1 N–H and O–H groups in total. The van der Waals surface area contributed by atoms with Crippen molar-refractivity contribution < 1.29 is 27.9 Å². The second-order valence-electron chi connectivity index (χ2n) is 4.24. The van der Waals surface area contributed by atoms with Crippen LogP contribution in [0.25, 0.3) is 0 Å². The van der Waals surface area contributed by atoms with E-state index < -0.39 is 17.7 Å². The van der Waals surface area contributed by atoms with Gasteiger partial charge in [0.2, 0.25) is 0 Å². The molecule has 2 aromatic rings. The minimum Gasteiger partial charge on any atom is -0.478 e. The molecule has 0 aromatic heterocycles. The van der Waals surface area contributed by atoms with E-state index in [1.807, 2.05) is 0 Å². The summed E-state index contributed by atoms with van der Waals surface area (Å²) < 4.78 is 38.3. The van der Waals surface area contributed by atoms with Crippen LogP contribution >= 0.6 is 0 Å². The normalized spacial score (nSPS) is 11.6. The van der Waals surface area contributed by atoms with Gasteiger partial charge in [-0.3, -0.25) is 0 Å². The number of carboxylic acid groups (broad SMARTS) is 1. The Morgan fingerprint density at radius 3 is 2.32 bits per heavy atom. The van der Waals surface area contributed by atoms with E-state index in [1.165, 1.54) is 42.5 Å². The van der Waals surface area contributed by atoms with Gasteiger partial charge in [-0.2, -0.15) is 13.2 Å². The molecule has 0 bridgehead atoms. The monoisotopic (exact) mass is 309 g/mol. The standard InChI is InChI=1S/C15H10F3NO3/c16-15(17,18)13-4-2-1-3-11(13)9-19-22-12-7-5-10(6-8-12)14(20)21/h1-9H,(H,20,21). The molecule has 0 fully saturated rings. The van der Waals surface area contributed by atoms with Gasteiger partial charge in [0.15, 0.2) is 5.75 Å². The van der Waals surface area contributed by atoms with Gasteiger partial charge in [-0.05, 0) is 30.3 Å². The Kier molecular flexibility index (Phi) is 4.45. The largest absolute Gasteiger partial charge is 0.478 e. The fraction of sp³-hybridized carbons (Fsp3) is 0.0667. The van der Waals surface area contributed by atoms with Crippen molar-refractivity contribution in [2.45, 2.75) is 6.18 Å². The minimum atomic E-state index is -4.48. The van der Waals surface area contributed by atoms with Crippen LogP contribution in [0.5, 0.6) is 5.75 Å². The van der Waals surface area contributed by atoms with Gasteiger partial charge in [-0.15, -0.1) is 0 Å². The lowest BCUT2D eigenvalue weighted by molar-refractivity contribution is -0.137. The van der Waals surface area contributed by atoms with Crippen LogP contribution in [0.15, 0.2) is 53.7 Å². The molecule has 0 aliphatic heterocycles. The van der Waals surface area contributed by atoms with Crippen molar-refractivity contribution in [3.05, 3.63) is 65.2 Å². The number of aromatic carboxylic acids is 1. The second kappa shape index (κ2) is 6.30. The third-order valence-electron chi connectivity index (χ3n) is 2.72. The number of carboxylic acids is 1. The van der Waals surface area contributed by atoms with Gasteiger partial charge in [0.05, 0.1) is 17.3 Å². The molecule has 4 nitrogen and oxygen atoms in total. The van der Waals surface area contributed by atoms with Gasteiger partial charge >= 0.3 is 12.1 Å². The van der Waals surface area contributed by atoms with Crippen LogP contribution in [-0.2, 0) is 6.18 Å². The van der Waals surface area contributed by atoms with Crippen LogP contribution in [0.1, 0.15) is 21.5 Å². The minimum absolute atomic E-state index is 0.0683. The van der Waals surface area contributed by atoms with E-state index in [9.17, 15) is 18.0 Å². The molecule has 0 radical (unpaired) electrons. The molecule has 7 heteroatoms. The fourth-order valence-corrected chi connectivity index (χ4v) is 1.67. The Labute approximate surface area is 123 Å². The van der Waals surface area contributed by atoms with E-state index in [-0.39, 0.29) is 16.9 Å². The summed E-state index contributed by atoms with van der Waals surface area (Å²) >= 11 is 0. The number of benzene rings is 2. The summed E-state index contributed by atoms with van der Waals surface area (Å²) in [7, 11) is 0. The van der Waals surface area contributed by atoms with Gasteiger partial charge in [0.1, 0.15) is 0 Å². The summed E-state index contributed by atoms with van der Waals surface area (Å²) in [6, 6.07) is 10.3. The molecule has 0 saturated heterocycles. The SMILES string of the molecule is O=C(O)c1ccc(ON=Cc2ccccc2C(F)(F)F)cc1. The van der Waals surface area contributed by atoms with Crippen LogP contribution in [0.2, 0.25) is 0 Å². The summed E-state index contributed by atoms with van der Waals surface area (Å²) in [5, 5.41) is 12.2. The second-order valence-corrected chi connectivity index (χ2v) is 4.24. The first-order chi connectivity index (χ1) is 10.4. The number of nitrogens with zero attached hydrogens (tertiary/aromatic N) is 1. The Morgan fingerprint density at radius 2 is 1.73 bits per heavy atom. The molecule has 0 spiro atoms. The van der Waals surface area contributed by atoms with Crippen LogP contribution in [0, 0.1) is 0 Å².